The molecule has 1 heterocycles. The van der Waals surface area contributed by atoms with Crippen LogP contribution >= 0.6 is 58.1 Å². The van der Waals surface area contributed by atoms with Crippen molar-refractivity contribution in [1.29, 1.82) is 0 Å². The zero-order valence-corrected chi connectivity index (χ0v) is 14.0. The van der Waals surface area contributed by atoms with Crippen LogP contribution in [0, 0.1) is 0 Å². The molecule has 0 aliphatic carbocycles. The van der Waals surface area contributed by atoms with E-state index in [1.807, 2.05) is 6.07 Å². The van der Waals surface area contributed by atoms with Gasteiger partial charge in [0.05, 0.1) is 5.75 Å². The monoisotopic (exact) mass is 365 g/mol. The average Bonchev–Trinajstić information content (AvgIpc) is 2.84. The lowest BCUT2D eigenvalue weighted by atomic mass is 10.2. The fourth-order valence-electron chi connectivity index (χ4n) is 1.25. The molecule has 106 valence electrons. The summed E-state index contributed by atoms with van der Waals surface area (Å²) < 4.78 is 1.52. The van der Waals surface area contributed by atoms with Gasteiger partial charge in [-0.2, -0.15) is 0 Å². The Hall–Kier alpha value is -0.470. The number of thioether (sulfide) groups is 2. The second-order valence-electron chi connectivity index (χ2n) is 3.58. The number of nitrogens with two attached hydrogens (primary N) is 1. The van der Waals surface area contributed by atoms with E-state index in [-0.39, 0.29) is 11.7 Å². The van der Waals surface area contributed by atoms with Crippen molar-refractivity contribution in [3.8, 4) is 0 Å². The van der Waals surface area contributed by atoms with Crippen molar-refractivity contribution in [2.24, 2.45) is 5.73 Å². The van der Waals surface area contributed by atoms with Crippen molar-refractivity contribution in [2.75, 3.05) is 5.75 Å². The standard InChI is InChI=1S/C11H9Cl2N3OS3/c12-7-2-1-3-8(13)6(7)4-18-10-15-16-11(20-10)19-5-9(14)17/h1-3H,4-5H2,(H2,14,17). The molecule has 0 aliphatic rings. The predicted molar refractivity (Wildman–Crippen MR) is 85.9 cm³/mol. The van der Waals surface area contributed by atoms with Crippen molar-refractivity contribution in [2.45, 2.75) is 14.4 Å². The van der Waals surface area contributed by atoms with Gasteiger partial charge >= 0.3 is 0 Å². The number of halogens is 2. The van der Waals surface area contributed by atoms with Gasteiger partial charge in [0.25, 0.3) is 0 Å². The minimum Gasteiger partial charge on any atom is -0.369 e. The van der Waals surface area contributed by atoms with Gasteiger partial charge < -0.3 is 5.73 Å². The van der Waals surface area contributed by atoms with Crippen LogP contribution in [0.5, 0.6) is 0 Å². The van der Waals surface area contributed by atoms with Gasteiger partial charge in [-0.1, -0.05) is 64.1 Å². The predicted octanol–water partition coefficient (Wildman–Crippen LogP) is 3.71. The third-order valence-electron chi connectivity index (χ3n) is 2.13. The summed E-state index contributed by atoms with van der Waals surface area (Å²) in [6.45, 7) is 0. The summed E-state index contributed by atoms with van der Waals surface area (Å²) in [6.07, 6.45) is 0. The Morgan fingerprint density at radius 3 is 2.40 bits per heavy atom. The highest BCUT2D eigenvalue weighted by atomic mass is 35.5. The molecular formula is C11H9Cl2N3OS3. The Morgan fingerprint density at radius 1 is 1.20 bits per heavy atom. The van der Waals surface area contributed by atoms with Crippen LogP contribution < -0.4 is 5.73 Å². The molecule has 4 nitrogen and oxygen atoms in total. The van der Waals surface area contributed by atoms with E-state index in [1.165, 1.54) is 34.9 Å². The van der Waals surface area contributed by atoms with Crippen molar-refractivity contribution < 1.29 is 4.79 Å². The van der Waals surface area contributed by atoms with E-state index < -0.39 is 0 Å². The molecule has 0 aliphatic heterocycles. The number of hydrogen-bond acceptors (Lipinski definition) is 6. The van der Waals surface area contributed by atoms with Gasteiger partial charge in [-0.15, -0.1) is 10.2 Å². The van der Waals surface area contributed by atoms with Crippen LogP contribution in [0.1, 0.15) is 5.56 Å². The second kappa shape index (κ2) is 7.51. The number of aromatic nitrogens is 2. The number of nitrogens with zero attached hydrogens (tertiary/aromatic N) is 2. The zero-order chi connectivity index (χ0) is 14.5. The lowest BCUT2D eigenvalue weighted by Gasteiger charge is -2.04. The van der Waals surface area contributed by atoms with Gasteiger partial charge in [-0.05, 0) is 17.7 Å². The van der Waals surface area contributed by atoms with Crippen LogP contribution in [0.3, 0.4) is 0 Å². The van der Waals surface area contributed by atoms with Crippen LogP contribution in [0.2, 0.25) is 10.0 Å². The summed E-state index contributed by atoms with van der Waals surface area (Å²) >= 11 is 16.4. The molecule has 0 fully saturated rings. The Balaban J connectivity index is 1.96. The highest BCUT2D eigenvalue weighted by Crippen LogP contribution is 2.34. The van der Waals surface area contributed by atoms with Crippen LogP contribution in [0.15, 0.2) is 26.9 Å². The highest BCUT2D eigenvalue weighted by Gasteiger charge is 2.10. The van der Waals surface area contributed by atoms with E-state index in [4.69, 9.17) is 28.9 Å². The maximum Gasteiger partial charge on any atom is 0.227 e. The molecule has 0 spiro atoms. The van der Waals surface area contributed by atoms with Crippen molar-refractivity contribution in [3.63, 3.8) is 0 Å². The first-order valence-electron chi connectivity index (χ1n) is 5.36. The summed E-state index contributed by atoms with van der Waals surface area (Å²) in [5, 5.41) is 9.30. The summed E-state index contributed by atoms with van der Waals surface area (Å²) in [7, 11) is 0. The molecule has 0 saturated carbocycles. The molecule has 1 amide bonds. The van der Waals surface area contributed by atoms with E-state index in [0.717, 1.165) is 14.2 Å². The molecule has 2 aromatic rings. The largest absolute Gasteiger partial charge is 0.369 e. The Labute approximate surface area is 138 Å². The lowest BCUT2D eigenvalue weighted by Crippen LogP contribution is -2.12. The molecule has 9 heteroatoms. The average molecular weight is 366 g/mol. The summed E-state index contributed by atoms with van der Waals surface area (Å²) in [5.74, 6) is 0.450. The Kier molecular flexibility index (Phi) is 5.98. The highest BCUT2D eigenvalue weighted by molar-refractivity contribution is 8.03. The van der Waals surface area contributed by atoms with Gasteiger partial charge in [0.2, 0.25) is 5.91 Å². The lowest BCUT2D eigenvalue weighted by molar-refractivity contribution is -0.115. The molecule has 0 radical (unpaired) electrons. The van der Waals surface area contributed by atoms with Gasteiger partial charge in [0.1, 0.15) is 0 Å². The SMILES string of the molecule is NC(=O)CSc1nnc(SCc2c(Cl)cccc2Cl)s1. The topological polar surface area (TPSA) is 68.9 Å². The summed E-state index contributed by atoms with van der Waals surface area (Å²) in [5.41, 5.74) is 5.95. The fraction of sp³-hybridized carbons (Fsp3) is 0.182. The first-order valence-corrected chi connectivity index (χ1v) is 8.91. The fourth-order valence-corrected chi connectivity index (χ4v) is 4.75. The number of primary amides is 1. The second-order valence-corrected chi connectivity index (χ2v) is 7.81. The van der Waals surface area contributed by atoms with Crippen LogP contribution in [0.25, 0.3) is 0 Å². The van der Waals surface area contributed by atoms with E-state index in [1.54, 1.807) is 12.1 Å². The van der Waals surface area contributed by atoms with E-state index >= 15 is 0 Å². The maximum absolute atomic E-state index is 10.7. The van der Waals surface area contributed by atoms with Crippen LogP contribution in [-0.4, -0.2) is 21.9 Å². The Bertz CT molecular complexity index is 600. The van der Waals surface area contributed by atoms with Crippen molar-refractivity contribution >= 4 is 64.0 Å². The first kappa shape index (κ1) is 15.9. The molecule has 0 bridgehead atoms. The molecule has 1 aromatic heterocycles. The van der Waals surface area contributed by atoms with Gasteiger partial charge in [0, 0.05) is 15.8 Å². The number of benzene rings is 1. The molecular weight excluding hydrogens is 357 g/mol. The van der Waals surface area contributed by atoms with Gasteiger partial charge in [-0.3, -0.25) is 4.79 Å². The van der Waals surface area contributed by atoms with E-state index in [0.29, 0.717) is 15.8 Å². The number of carbonyl (C=O) groups is 1. The summed E-state index contributed by atoms with van der Waals surface area (Å²) in [4.78, 5) is 10.7. The maximum atomic E-state index is 10.7. The normalized spacial score (nSPS) is 10.7. The molecule has 1 aromatic carbocycles. The van der Waals surface area contributed by atoms with Gasteiger partial charge in [-0.25, -0.2) is 0 Å². The van der Waals surface area contributed by atoms with E-state index in [2.05, 4.69) is 10.2 Å². The minimum atomic E-state index is -0.373. The van der Waals surface area contributed by atoms with Crippen LogP contribution in [-0.2, 0) is 10.5 Å². The number of amides is 1. The quantitative estimate of drug-likeness (QED) is 0.790. The van der Waals surface area contributed by atoms with Crippen molar-refractivity contribution in [3.05, 3.63) is 33.8 Å². The molecule has 0 unspecified atom stereocenters. The number of rotatable bonds is 6. The molecule has 20 heavy (non-hydrogen) atoms. The van der Waals surface area contributed by atoms with Crippen molar-refractivity contribution in [1.82, 2.24) is 10.2 Å². The molecule has 2 rings (SSSR count). The minimum absolute atomic E-state index is 0.204. The number of carbonyl (C=O) groups excluding carboxylic acids is 1. The smallest absolute Gasteiger partial charge is 0.227 e. The molecule has 2 N–H and O–H groups in total. The third kappa shape index (κ3) is 4.53. The van der Waals surface area contributed by atoms with E-state index in [9.17, 15) is 4.79 Å². The molecule has 0 atom stereocenters. The van der Waals surface area contributed by atoms with Crippen LogP contribution in [0.4, 0.5) is 0 Å². The number of hydrogen-bond donors (Lipinski definition) is 1. The van der Waals surface area contributed by atoms with Gasteiger partial charge in [0.15, 0.2) is 8.68 Å². The summed E-state index contributed by atoms with van der Waals surface area (Å²) in [6, 6.07) is 5.41. The first-order chi connectivity index (χ1) is 9.56. The Morgan fingerprint density at radius 2 is 1.80 bits per heavy atom. The third-order valence-corrected chi connectivity index (χ3v) is 6.07. The zero-order valence-electron chi connectivity index (χ0n) is 10.0. The molecule has 0 saturated heterocycles.